The lowest BCUT2D eigenvalue weighted by molar-refractivity contribution is -0.128. The summed E-state index contributed by atoms with van der Waals surface area (Å²) in [5.74, 6) is 0.267. The molecule has 3 aromatic carbocycles. The number of halogens is 1. The van der Waals surface area contributed by atoms with Crippen molar-refractivity contribution in [1.29, 1.82) is 0 Å². The molecule has 1 atom stereocenters. The molecule has 2 heterocycles. The monoisotopic (exact) mass is 542 g/mol. The number of nitrogens with zero attached hydrogens (tertiary/aromatic N) is 3. The third kappa shape index (κ3) is 5.39. The maximum atomic E-state index is 12.7. The van der Waals surface area contributed by atoms with Gasteiger partial charge in [-0.2, -0.15) is 5.10 Å². The van der Waals surface area contributed by atoms with Gasteiger partial charge in [0.2, 0.25) is 5.91 Å². The van der Waals surface area contributed by atoms with E-state index in [0.717, 1.165) is 33.8 Å². The molecule has 38 heavy (non-hydrogen) atoms. The summed E-state index contributed by atoms with van der Waals surface area (Å²) < 4.78 is 2.07. The normalized spacial score (nSPS) is 15.4. The van der Waals surface area contributed by atoms with Crippen LogP contribution < -0.4 is 5.43 Å². The van der Waals surface area contributed by atoms with Crippen LogP contribution in [0.1, 0.15) is 43.8 Å². The van der Waals surface area contributed by atoms with Crippen LogP contribution in [0.25, 0.3) is 5.69 Å². The third-order valence-corrected chi connectivity index (χ3v) is 8.13. The van der Waals surface area contributed by atoms with E-state index < -0.39 is 0 Å². The predicted octanol–water partition coefficient (Wildman–Crippen LogP) is 6.29. The average Bonchev–Trinajstić information content (AvgIpc) is 3.43. The lowest BCUT2D eigenvalue weighted by Crippen LogP contribution is -2.27. The molecular formula is C30H27ClN4O2S. The van der Waals surface area contributed by atoms with E-state index in [4.69, 9.17) is 11.6 Å². The van der Waals surface area contributed by atoms with Gasteiger partial charge in [-0.25, -0.2) is 5.43 Å². The van der Waals surface area contributed by atoms with Gasteiger partial charge in [-0.15, -0.1) is 11.8 Å². The molecule has 192 valence electrons. The smallest absolute Gasteiger partial charge is 0.271 e. The van der Waals surface area contributed by atoms with Crippen LogP contribution in [-0.2, 0) is 11.3 Å². The van der Waals surface area contributed by atoms with Crippen LogP contribution in [0.2, 0.25) is 5.02 Å². The quantitative estimate of drug-likeness (QED) is 0.220. The van der Waals surface area contributed by atoms with Crippen LogP contribution in [0.5, 0.6) is 0 Å². The number of carbonyl (C=O) groups is 2. The van der Waals surface area contributed by atoms with Crippen molar-refractivity contribution in [2.75, 3.05) is 5.75 Å². The van der Waals surface area contributed by atoms with Gasteiger partial charge >= 0.3 is 0 Å². The molecule has 0 aliphatic carbocycles. The van der Waals surface area contributed by atoms with Crippen LogP contribution in [-0.4, -0.2) is 33.2 Å². The van der Waals surface area contributed by atoms with Gasteiger partial charge in [-0.05, 0) is 55.3 Å². The summed E-state index contributed by atoms with van der Waals surface area (Å²) in [6.07, 6.45) is 1.64. The Bertz CT molecular complexity index is 1500. The molecule has 0 bridgehead atoms. The number of thioether (sulfide) groups is 1. The van der Waals surface area contributed by atoms with Gasteiger partial charge in [0, 0.05) is 29.1 Å². The highest BCUT2D eigenvalue weighted by molar-refractivity contribution is 8.00. The van der Waals surface area contributed by atoms with E-state index in [1.165, 1.54) is 0 Å². The van der Waals surface area contributed by atoms with Crippen molar-refractivity contribution in [3.63, 3.8) is 0 Å². The van der Waals surface area contributed by atoms with E-state index in [1.807, 2.05) is 91.5 Å². The first-order valence-corrected chi connectivity index (χ1v) is 13.7. The molecule has 1 fully saturated rings. The first-order chi connectivity index (χ1) is 18.4. The van der Waals surface area contributed by atoms with Crippen molar-refractivity contribution in [3.05, 3.63) is 124 Å². The minimum absolute atomic E-state index is 0.0776. The van der Waals surface area contributed by atoms with Crippen LogP contribution in [0.4, 0.5) is 0 Å². The molecule has 0 saturated carbocycles. The zero-order chi connectivity index (χ0) is 26.6. The molecule has 1 aliphatic rings. The molecule has 1 saturated heterocycles. The van der Waals surface area contributed by atoms with E-state index in [2.05, 4.69) is 15.1 Å². The number of amides is 2. The minimum atomic E-state index is -0.302. The average molecular weight is 543 g/mol. The highest BCUT2D eigenvalue weighted by Gasteiger charge is 2.32. The van der Waals surface area contributed by atoms with E-state index in [9.17, 15) is 9.59 Å². The summed E-state index contributed by atoms with van der Waals surface area (Å²) in [7, 11) is 0. The van der Waals surface area contributed by atoms with E-state index in [-0.39, 0.29) is 17.2 Å². The van der Waals surface area contributed by atoms with Crippen molar-refractivity contribution in [3.8, 4) is 5.69 Å². The molecule has 1 aliphatic heterocycles. The number of carbonyl (C=O) groups excluding carboxylic acids is 2. The Kier molecular flexibility index (Phi) is 7.67. The van der Waals surface area contributed by atoms with Gasteiger partial charge in [-0.1, -0.05) is 66.2 Å². The van der Waals surface area contributed by atoms with E-state index in [1.54, 1.807) is 30.1 Å². The van der Waals surface area contributed by atoms with Crippen LogP contribution in [0.15, 0.2) is 90.0 Å². The second-order valence-electron chi connectivity index (χ2n) is 9.11. The Morgan fingerprint density at radius 2 is 1.76 bits per heavy atom. The van der Waals surface area contributed by atoms with Crippen molar-refractivity contribution in [2.45, 2.75) is 25.8 Å². The molecule has 5 rings (SSSR count). The van der Waals surface area contributed by atoms with Crippen molar-refractivity contribution in [1.82, 2.24) is 14.9 Å². The van der Waals surface area contributed by atoms with Crippen LogP contribution in [0, 0.1) is 13.8 Å². The zero-order valence-corrected chi connectivity index (χ0v) is 22.7. The number of benzene rings is 3. The number of hydrogen-bond donors (Lipinski definition) is 1. The second-order valence-corrected chi connectivity index (χ2v) is 10.6. The number of rotatable bonds is 7. The van der Waals surface area contributed by atoms with E-state index >= 15 is 0 Å². The Morgan fingerprint density at radius 1 is 1.05 bits per heavy atom. The number of para-hydroxylation sites is 1. The number of aromatic nitrogens is 1. The molecule has 4 aromatic rings. The molecule has 0 radical (unpaired) electrons. The molecule has 0 spiro atoms. The summed E-state index contributed by atoms with van der Waals surface area (Å²) in [6.45, 7) is 4.56. The lowest BCUT2D eigenvalue weighted by atomic mass is 10.1. The van der Waals surface area contributed by atoms with Gasteiger partial charge in [0.25, 0.3) is 5.91 Å². The molecular weight excluding hydrogens is 516 g/mol. The summed E-state index contributed by atoms with van der Waals surface area (Å²) in [5.41, 5.74) is 8.98. The minimum Gasteiger partial charge on any atom is -0.322 e. The predicted molar refractivity (Wildman–Crippen MR) is 154 cm³/mol. The van der Waals surface area contributed by atoms with Crippen LogP contribution >= 0.6 is 23.4 Å². The first kappa shape index (κ1) is 25.8. The fourth-order valence-corrected chi connectivity index (χ4v) is 6.04. The molecule has 1 aromatic heterocycles. The fourth-order valence-electron chi connectivity index (χ4n) is 4.63. The first-order valence-electron chi connectivity index (χ1n) is 12.2. The van der Waals surface area contributed by atoms with Gasteiger partial charge in [0.05, 0.1) is 22.7 Å². The Morgan fingerprint density at radius 3 is 2.50 bits per heavy atom. The van der Waals surface area contributed by atoms with Gasteiger partial charge in [0.1, 0.15) is 5.37 Å². The maximum Gasteiger partial charge on any atom is 0.271 e. The lowest BCUT2D eigenvalue weighted by Gasteiger charge is -2.24. The molecule has 6 nitrogen and oxygen atoms in total. The highest BCUT2D eigenvalue weighted by atomic mass is 35.5. The van der Waals surface area contributed by atoms with Crippen LogP contribution in [0.3, 0.4) is 0 Å². The summed E-state index contributed by atoms with van der Waals surface area (Å²) >= 11 is 8.00. The number of hydrazone groups is 1. The summed E-state index contributed by atoms with van der Waals surface area (Å²) in [5, 5.41) is 4.78. The largest absolute Gasteiger partial charge is 0.322 e. The topological polar surface area (TPSA) is 66.7 Å². The third-order valence-electron chi connectivity index (χ3n) is 6.56. The Hall–Kier alpha value is -3.81. The molecule has 2 amide bonds. The molecule has 1 N–H and O–H groups in total. The van der Waals surface area contributed by atoms with Gasteiger partial charge in [-0.3, -0.25) is 9.59 Å². The summed E-state index contributed by atoms with van der Waals surface area (Å²) in [6, 6.07) is 27.0. The fraction of sp³-hybridized carbons (Fsp3) is 0.167. The number of nitrogens with one attached hydrogen (secondary N) is 1. The maximum absolute atomic E-state index is 12.7. The standard InChI is InChI=1S/C30H27ClN4O2S/c1-20-16-25(21(2)35(20)27-11-7-6-10-26(27)31)17-32-33-29(37)23-12-14-24(15-13-23)30-34(28(36)19-38-30)18-22-8-4-3-5-9-22/h3-17,30H,18-19H2,1-2H3,(H,33,37)/b32-17+. The van der Waals surface area contributed by atoms with Gasteiger partial charge < -0.3 is 9.47 Å². The van der Waals surface area contributed by atoms with Crippen molar-refractivity contribution in [2.24, 2.45) is 5.10 Å². The van der Waals surface area contributed by atoms with Crippen molar-refractivity contribution >= 4 is 41.4 Å². The Labute approximate surface area is 231 Å². The van der Waals surface area contributed by atoms with E-state index in [0.29, 0.717) is 22.9 Å². The van der Waals surface area contributed by atoms with Gasteiger partial charge in [0.15, 0.2) is 0 Å². The van der Waals surface area contributed by atoms with Crippen molar-refractivity contribution < 1.29 is 9.59 Å². The second kappa shape index (κ2) is 11.3. The number of aryl methyl sites for hydroxylation is 1. The molecule has 1 unspecified atom stereocenters. The Balaban J connectivity index is 1.25. The molecule has 8 heteroatoms. The SMILES string of the molecule is Cc1cc(/C=N/NC(=O)c2ccc(C3SCC(=O)N3Cc3ccccc3)cc2)c(C)n1-c1ccccc1Cl. The highest BCUT2D eigenvalue weighted by Crippen LogP contribution is 2.39. The summed E-state index contributed by atoms with van der Waals surface area (Å²) in [4.78, 5) is 27.2. The number of hydrogen-bond acceptors (Lipinski definition) is 4. The zero-order valence-electron chi connectivity index (χ0n) is 21.1.